The van der Waals surface area contributed by atoms with Crippen molar-refractivity contribution in [2.24, 2.45) is 0 Å². The fourth-order valence-corrected chi connectivity index (χ4v) is 11.4. The van der Waals surface area contributed by atoms with Gasteiger partial charge in [0.25, 0.3) is 7.71 Å². The predicted molar refractivity (Wildman–Crippen MR) is 103 cm³/mol. The SMILES string of the molecule is ClC(Cl)(Cl)[P+](N1CCCC1)(N1CCCC1)N1CCCC1.F[P-](F)(F)(F)(F)F. The zero-order valence-corrected chi connectivity index (χ0v) is 18.7. The first-order chi connectivity index (χ1) is 12.0. The molecule has 27 heavy (non-hydrogen) atoms. The fourth-order valence-electron chi connectivity index (χ4n) is 3.96. The van der Waals surface area contributed by atoms with Gasteiger partial charge in [-0.15, -0.1) is 14.0 Å². The minimum absolute atomic E-state index is 1.09. The summed E-state index contributed by atoms with van der Waals surface area (Å²) in [6.45, 7) is 6.55. The van der Waals surface area contributed by atoms with Crippen LogP contribution in [0.5, 0.6) is 0 Å². The summed E-state index contributed by atoms with van der Waals surface area (Å²) in [4.78, 5) is 0. The zero-order valence-electron chi connectivity index (χ0n) is 14.6. The van der Waals surface area contributed by atoms with Crippen LogP contribution in [0.15, 0.2) is 0 Å². The summed E-state index contributed by atoms with van der Waals surface area (Å²) in [5.41, 5.74) is 0. The van der Waals surface area contributed by atoms with Crippen molar-refractivity contribution in [3.63, 3.8) is 0 Å². The predicted octanol–water partition coefficient (Wildman–Crippen LogP) is 7.75. The van der Waals surface area contributed by atoms with E-state index in [-0.39, 0.29) is 0 Å². The quantitative estimate of drug-likeness (QED) is 0.221. The van der Waals surface area contributed by atoms with Crippen molar-refractivity contribution in [2.45, 2.75) is 42.1 Å². The number of hydrogen-bond donors (Lipinski definition) is 0. The van der Waals surface area contributed by atoms with Gasteiger partial charge >= 0.3 is 36.5 Å². The molecule has 3 heterocycles. The van der Waals surface area contributed by atoms with E-state index in [1.165, 1.54) is 38.5 Å². The van der Waals surface area contributed by atoms with Gasteiger partial charge in [-0.05, 0) is 73.3 Å². The maximum atomic E-state index is 9.87. The molecule has 3 rings (SSSR count). The Kier molecular flexibility index (Phi) is 6.98. The second-order valence-electron chi connectivity index (χ2n) is 6.98. The molecule has 3 fully saturated rings. The Hall–Kier alpha value is 1.19. The molecule has 0 aromatic rings. The maximum absolute atomic E-state index is 10.7. The number of halogens is 9. The first kappa shape index (κ1) is 24.5. The standard InChI is InChI=1S/C13H24Cl3N3P.F6P/c14-13(15,16)20(17-7-1-2-8-17,18-9-3-4-10-18)19-11-5-6-12-19;1-7(2,3,4,5)6/h1-12H2;/q+1;-1. The van der Waals surface area contributed by atoms with Crippen molar-refractivity contribution in [3.8, 4) is 0 Å². The Labute approximate surface area is 171 Å². The number of hydrogen-bond acceptors (Lipinski definition) is 3. The minimum atomic E-state index is -10.7. The molecule has 0 unspecified atom stereocenters. The van der Waals surface area contributed by atoms with Crippen LogP contribution in [0.1, 0.15) is 38.5 Å². The van der Waals surface area contributed by atoms with Crippen molar-refractivity contribution in [2.75, 3.05) is 39.3 Å². The summed E-state index contributed by atoms with van der Waals surface area (Å²) >= 11 is 20.0. The van der Waals surface area contributed by atoms with Crippen molar-refractivity contribution in [1.82, 2.24) is 14.0 Å². The summed E-state index contributed by atoms with van der Waals surface area (Å²) in [6, 6.07) is 0. The van der Waals surface area contributed by atoms with Crippen LogP contribution >= 0.6 is 50.3 Å². The molecule has 0 amide bonds. The Morgan fingerprint density at radius 2 is 0.741 bits per heavy atom. The van der Waals surface area contributed by atoms with E-state index in [1.54, 1.807) is 0 Å². The summed E-state index contributed by atoms with van der Waals surface area (Å²) in [6.07, 6.45) is 7.44. The Balaban J connectivity index is 0.000000321. The molecule has 3 aliphatic heterocycles. The molecule has 3 nitrogen and oxygen atoms in total. The second-order valence-corrected chi connectivity index (χ2v) is 15.5. The van der Waals surface area contributed by atoms with Gasteiger partial charge in [-0.2, -0.15) is 0 Å². The molecular weight excluding hydrogens is 480 g/mol. The van der Waals surface area contributed by atoms with Crippen molar-refractivity contribution < 1.29 is 25.2 Å². The van der Waals surface area contributed by atoms with Crippen molar-refractivity contribution in [1.29, 1.82) is 0 Å². The van der Waals surface area contributed by atoms with Crippen LogP contribution in [0.3, 0.4) is 0 Å². The van der Waals surface area contributed by atoms with Crippen LogP contribution in [0.2, 0.25) is 0 Å². The monoisotopic (exact) mass is 503 g/mol. The second kappa shape index (κ2) is 7.71. The van der Waals surface area contributed by atoms with Gasteiger partial charge in [-0.3, -0.25) is 0 Å². The van der Waals surface area contributed by atoms with Crippen molar-refractivity contribution in [3.05, 3.63) is 0 Å². The van der Waals surface area contributed by atoms with Crippen LogP contribution < -0.4 is 0 Å². The molecule has 0 atom stereocenters. The van der Waals surface area contributed by atoms with Gasteiger partial charge in [-0.25, -0.2) is 0 Å². The molecule has 0 aromatic heterocycles. The Morgan fingerprint density at radius 3 is 0.889 bits per heavy atom. The molecule has 14 heteroatoms. The topological polar surface area (TPSA) is 9.72 Å². The van der Waals surface area contributed by atoms with Gasteiger partial charge in [0.15, 0.2) is 0 Å². The summed E-state index contributed by atoms with van der Waals surface area (Å²) in [7, 11) is -12.7. The Morgan fingerprint density at radius 1 is 0.556 bits per heavy atom. The molecule has 164 valence electrons. The molecule has 3 aliphatic rings. The van der Waals surface area contributed by atoms with E-state index in [1.807, 2.05) is 0 Å². The molecule has 0 bridgehead atoms. The third-order valence-corrected chi connectivity index (χ3v) is 11.1. The fraction of sp³-hybridized carbons (Fsp3) is 1.00. The van der Waals surface area contributed by atoms with E-state index in [0.717, 1.165) is 39.3 Å². The number of rotatable bonds is 3. The molecule has 0 saturated carbocycles. The average molecular weight is 505 g/mol. The zero-order chi connectivity index (χ0) is 20.6. The van der Waals surface area contributed by atoms with E-state index in [9.17, 15) is 25.2 Å². The van der Waals surface area contributed by atoms with Crippen LogP contribution in [0, 0.1) is 0 Å². The van der Waals surface area contributed by atoms with E-state index >= 15 is 0 Å². The van der Waals surface area contributed by atoms with E-state index in [0.29, 0.717) is 0 Å². The van der Waals surface area contributed by atoms with Gasteiger partial charge in [0.1, 0.15) is 0 Å². The summed E-state index contributed by atoms with van der Waals surface area (Å²) < 4.78 is 65.7. The van der Waals surface area contributed by atoms with Crippen LogP contribution in [-0.4, -0.2) is 56.8 Å². The van der Waals surface area contributed by atoms with E-state index in [4.69, 9.17) is 34.8 Å². The normalized spacial score (nSPS) is 26.6. The van der Waals surface area contributed by atoms with Crippen LogP contribution in [0.4, 0.5) is 25.2 Å². The molecule has 0 spiro atoms. The molecule has 0 aromatic carbocycles. The average Bonchev–Trinajstić information content (AvgIpc) is 3.19. The summed E-state index contributed by atoms with van der Waals surface area (Å²) in [5.74, 6) is 0. The Bertz CT molecular complexity index is 461. The van der Waals surface area contributed by atoms with Gasteiger partial charge in [0.05, 0.1) is 0 Å². The van der Waals surface area contributed by atoms with E-state index in [2.05, 4.69) is 14.0 Å². The van der Waals surface area contributed by atoms with Crippen LogP contribution in [0.25, 0.3) is 0 Å². The van der Waals surface area contributed by atoms with E-state index < -0.39 is 19.1 Å². The molecule has 0 N–H and O–H groups in total. The third-order valence-electron chi connectivity index (χ3n) is 4.77. The first-order valence-electron chi connectivity index (χ1n) is 8.80. The molecule has 0 radical (unpaired) electrons. The van der Waals surface area contributed by atoms with Crippen LogP contribution in [-0.2, 0) is 0 Å². The first-order valence-corrected chi connectivity index (χ1v) is 13.6. The summed E-state index contributed by atoms with van der Waals surface area (Å²) in [5, 5.41) is 0. The van der Waals surface area contributed by atoms with Gasteiger partial charge in [-0.1, -0.05) is 0 Å². The van der Waals surface area contributed by atoms with Gasteiger partial charge in [0, 0.05) is 39.3 Å². The van der Waals surface area contributed by atoms with Gasteiger partial charge < -0.3 is 0 Å². The molecule has 3 saturated heterocycles. The molecular formula is C13H24Cl3F6N3P2. The van der Waals surface area contributed by atoms with Crippen molar-refractivity contribution >= 4 is 50.3 Å². The van der Waals surface area contributed by atoms with Gasteiger partial charge in [0.2, 0.25) is 0 Å². The number of nitrogens with zero attached hydrogens (tertiary/aromatic N) is 3. The molecule has 0 aliphatic carbocycles. The number of alkyl halides is 3. The third kappa shape index (κ3) is 7.13.